The van der Waals surface area contributed by atoms with Crippen LogP contribution in [-0.4, -0.2) is 43.7 Å². The summed E-state index contributed by atoms with van der Waals surface area (Å²) in [6.07, 6.45) is 3.73. The Balaban J connectivity index is 1.55. The fourth-order valence-corrected chi connectivity index (χ4v) is 5.61. The van der Waals surface area contributed by atoms with Crippen LogP contribution in [-0.2, 0) is 26.0 Å². The van der Waals surface area contributed by atoms with Gasteiger partial charge in [-0.15, -0.1) is 0 Å². The number of nitrogens with zero attached hydrogens (tertiary/aromatic N) is 1. The Kier molecular flexibility index (Phi) is 8.28. The van der Waals surface area contributed by atoms with Crippen molar-refractivity contribution < 1.29 is 18.0 Å². The summed E-state index contributed by atoms with van der Waals surface area (Å²) in [4.78, 5) is 24.5. The number of aryl methyl sites for hydroxylation is 1. The van der Waals surface area contributed by atoms with Crippen LogP contribution < -0.4 is 10.6 Å². The van der Waals surface area contributed by atoms with Crippen LogP contribution in [0.5, 0.6) is 0 Å². The highest BCUT2D eigenvalue weighted by molar-refractivity contribution is 7.89. The van der Waals surface area contributed by atoms with Gasteiger partial charge in [-0.05, 0) is 67.6 Å². The molecule has 0 unspecified atom stereocenters. The van der Waals surface area contributed by atoms with Crippen molar-refractivity contribution in [1.82, 2.24) is 9.62 Å². The van der Waals surface area contributed by atoms with Crippen molar-refractivity contribution in [2.45, 2.75) is 50.0 Å². The number of benzene rings is 2. The zero-order valence-electron chi connectivity index (χ0n) is 18.0. The van der Waals surface area contributed by atoms with E-state index >= 15 is 0 Å². The molecule has 1 atom stereocenters. The van der Waals surface area contributed by atoms with Crippen molar-refractivity contribution in [3.63, 3.8) is 0 Å². The Morgan fingerprint density at radius 3 is 2.38 bits per heavy atom. The van der Waals surface area contributed by atoms with Crippen LogP contribution in [0.2, 0.25) is 5.02 Å². The van der Waals surface area contributed by atoms with Gasteiger partial charge in [-0.3, -0.25) is 9.59 Å². The molecule has 0 spiro atoms. The fourth-order valence-electron chi connectivity index (χ4n) is 3.77. The molecule has 2 amide bonds. The molecule has 9 heteroatoms. The SMILES string of the molecule is CCc1ccc(NC(=O)C(=O)NCC[C@@H]2CCCCN2S(=O)(=O)c2ccc(Cl)cc2)cc1. The summed E-state index contributed by atoms with van der Waals surface area (Å²) in [6, 6.07) is 13.2. The van der Waals surface area contributed by atoms with E-state index in [-0.39, 0.29) is 17.5 Å². The normalized spacial score (nSPS) is 17.0. The third-order valence-corrected chi connectivity index (χ3v) is 7.80. The molecule has 32 heavy (non-hydrogen) atoms. The summed E-state index contributed by atoms with van der Waals surface area (Å²) in [5, 5.41) is 5.65. The highest BCUT2D eigenvalue weighted by atomic mass is 35.5. The second-order valence-electron chi connectivity index (χ2n) is 7.77. The van der Waals surface area contributed by atoms with E-state index in [0.29, 0.717) is 30.1 Å². The van der Waals surface area contributed by atoms with Crippen molar-refractivity contribution in [2.75, 3.05) is 18.4 Å². The molecular weight excluding hydrogens is 450 g/mol. The summed E-state index contributed by atoms with van der Waals surface area (Å²) in [6.45, 7) is 2.67. The summed E-state index contributed by atoms with van der Waals surface area (Å²) in [5.74, 6) is -1.49. The largest absolute Gasteiger partial charge is 0.348 e. The first-order valence-corrected chi connectivity index (χ1v) is 12.6. The number of hydrogen-bond acceptors (Lipinski definition) is 4. The Morgan fingerprint density at radius 1 is 1.03 bits per heavy atom. The number of anilines is 1. The molecule has 1 heterocycles. The smallest absolute Gasteiger partial charge is 0.313 e. The highest BCUT2D eigenvalue weighted by Crippen LogP contribution is 2.27. The molecule has 7 nitrogen and oxygen atoms in total. The van der Waals surface area contributed by atoms with Crippen molar-refractivity contribution in [2.24, 2.45) is 0 Å². The van der Waals surface area contributed by atoms with Crippen molar-refractivity contribution >= 4 is 39.1 Å². The van der Waals surface area contributed by atoms with E-state index in [0.717, 1.165) is 24.8 Å². The molecular formula is C23H28ClN3O4S. The topological polar surface area (TPSA) is 95.6 Å². The minimum absolute atomic E-state index is 0.200. The number of amides is 2. The number of carbonyl (C=O) groups is 2. The Morgan fingerprint density at radius 2 is 1.72 bits per heavy atom. The monoisotopic (exact) mass is 477 g/mol. The Bertz CT molecular complexity index is 1040. The zero-order chi connectivity index (χ0) is 23.1. The van der Waals surface area contributed by atoms with Crippen LogP contribution in [0, 0.1) is 0 Å². The molecule has 1 saturated heterocycles. The predicted octanol–water partition coefficient (Wildman–Crippen LogP) is 3.59. The van der Waals surface area contributed by atoms with Gasteiger partial charge in [-0.2, -0.15) is 4.31 Å². The standard InChI is InChI=1S/C23H28ClN3O4S/c1-2-17-6-10-19(11-7-17)26-23(29)22(28)25-15-14-20-5-3-4-16-27(20)32(30,31)21-12-8-18(24)9-13-21/h6-13,20H,2-5,14-16H2,1H3,(H,25,28)(H,26,29)/t20-/m0/s1. The van der Waals surface area contributed by atoms with Gasteiger partial charge in [0.15, 0.2) is 0 Å². The number of piperidine rings is 1. The van der Waals surface area contributed by atoms with E-state index in [9.17, 15) is 18.0 Å². The summed E-state index contributed by atoms with van der Waals surface area (Å²) >= 11 is 5.88. The van der Waals surface area contributed by atoms with Crippen LogP contribution in [0.1, 0.15) is 38.2 Å². The van der Waals surface area contributed by atoms with Crippen LogP contribution in [0.3, 0.4) is 0 Å². The quantitative estimate of drug-likeness (QED) is 0.595. The van der Waals surface area contributed by atoms with Crippen LogP contribution in [0.4, 0.5) is 5.69 Å². The Hall–Kier alpha value is -2.42. The molecule has 0 radical (unpaired) electrons. The van der Waals surface area contributed by atoms with Gasteiger partial charge in [0.1, 0.15) is 0 Å². The summed E-state index contributed by atoms with van der Waals surface area (Å²) < 4.78 is 27.7. The zero-order valence-corrected chi connectivity index (χ0v) is 19.6. The predicted molar refractivity (Wildman–Crippen MR) is 125 cm³/mol. The van der Waals surface area contributed by atoms with Gasteiger partial charge < -0.3 is 10.6 Å². The first kappa shape index (κ1) is 24.2. The maximum Gasteiger partial charge on any atom is 0.313 e. The third kappa shape index (κ3) is 6.09. The maximum absolute atomic E-state index is 13.1. The first-order valence-electron chi connectivity index (χ1n) is 10.8. The maximum atomic E-state index is 13.1. The minimum Gasteiger partial charge on any atom is -0.348 e. The number of hydrogen-bond donors (Lipinski definition) is 2. The first-order chi connectivity index (χ1) is 15.3. The third-order valence-electron chi connectivity index (χ3n) is 5.58. The molecule has 2 aromatic carbocycles. The number of halogens is 1. The lowest BCUT2D eigenvalue weighted by atomic mass is 10.0. The van der Waals surface area contributed by atoms with Gasteiger partial charge in [-0.25, -0.2) is 8.42 Å². The molecule has 2 N–H and O–H groups in total. The lowest BCUT2D eigenvalue weighted by Gasteiger charge is -2.34. The number of nitrogens with one attached hydrogen (secondary N) is 2. The average Bonchev–Trinajstić information content (AvgIpc) is 2.80. The number of carbonyl (C=O) groups excluding carboxylic acids is 2. The van der Waals surface area contributed by atoms with Crippen molar-refractivity contribution in [3.8, 4) is 0 Å². The van der Waals surface area contributed by atoms with E-state index < -0.39 is 21.8 Å². The van der Waals surface area contributed by atoms with E-state index in [4.69, 9.17) is 11.6 Å². The summed E-state index contributed by atoms with van der Waals surface area (Å²) in [5.41, 5.74) is 1.69. The lowest BCUT2D eigenvalue weighted by molar-refractivity contribution is -0.136. The molecule has 1 aliphatic heterocycles. The van der Waals surface area contributed by atoms with E-state index in [2.05, 4.69) is 10.6 Å². The molecule has 0 bridgehead atoms. The Labute approximate surface area is 194 Å². The molecule has 0 aliphatic carbocycles. The fraction of sp³-hybridized carbons (Fsp3) is 0.391. The van der Waals surface area contributed by atoms with E-state index in [1.165, 1.54) is 16.4 Å². The van der Waals surface area contributed by atoms with Crippen molar-refractivity contribution in [3.05, 3.63) is 59.1 Å². The van der Waals surface area contributed by atoms with Gasteiger partial charge in [-0.1, -0.05) is 37.1 Å². The molecule has 0 saturated carbocycles. The summed E-state index contributed by atoms with van der Waals surface area (Å²) in [7, 11) is -3.66. The van der Waals surface area contributed by atoms with Crippen molar-refractivity contribution in [1.29, 1.82) is 0 Å². The highest BCUT2D eigenvalue weighted by Gasteiger charge is 2.33. The molecule has 1 fully saturated rings. The minimum atomic E-state index is -3.66. The molecule has 1 aliphatic rings. The van der Waals surface area contributed by atoms with E-state index in [1.807, 2.05) is 19.1 Å². The average molecular weight is 478 g/mol. The number of rotatable bonds is 7. The van der Waals surface area contributed by atoms with Gasteiger partial charge >= 0.3 is 11.8 Å². The molecule has 0 aromatic heterocycles. The van der Waals surface area contributed by atoms with Crippen LogP contribution in [0.25, 0.3) is 0 Å². The second kappa shape index (κ2) is 10.9. The van der Waals surface area contributed by atoms with Gasteiger partial charge in [0.25, 0.3) is 0 Å². The van der Waals surface area contributed by atoms with Crippen LogP contribution >= 0.6 is 11.6 Å². The van der Waals surface area contributed by atoms with Gasteiger partial charge in [0.2, 0.25) is 10.0 Å². The molecule has 3 rings (SSSR count). The number of sulfonamides is 1. The van der Waals surface area contributed by atoms with E-state index in [1.54, 1.807) is 24.3 Å². The second-order valence-corrected chi connectivity index (χ2v) is 10.1. The lowest BCUT2D eigenvalue weighted by Crippen LogP contribution is -2.45. The molecule has 172 valence electrons. The van der Waals surface area contributed by atoms with Gasteiger partial charge in [0, 0.05) is 29.8 Å². The van der Waals surface area contributed by atoms with Crippen LogP contribution in [0.15, 0.2) is 53.4 Å². The molecule has 2 aromatic rings. The van der Waals surface area contributed by atoms with Gasteiger partial charge in [0.05, 0.1) is 4.90 Å².